The number of benzene rings is 1. The molecule has 3 rings (SSSR count). The van der Waals surface area contributed by atoms with Crippen molar-refractivity contribution in [3.05, 3.63) is 28.8 Å². The van der Waals surface area contributed by atoms with Gasteiger partial charge in [0.25, 0.3) is 0 Å². The van der Waals surface area contributed by atoms with E-state index >= 15 is 0 Å². The number of carbonyl (C=O) groups is 4. The fraction of sp³-hybridized carbons (Fsp3) is 0.565. The number of halogens is 1. The van der Waals surface area contributed by atoms with Gasteiger partial charge in [0.05, 0.1) is 6.42 Å². The molecule has 174 valence electrons. The molecule has 1 aromatic rings. The summed E-state index contributed by atoms with van der Waals surface area (Å²) in [6.45, 7) is 5.90. The number of hydrogen-bond acceptors (Lipinski definition) is 5. The van der Waals surface area contributed by atoms with Gasteiger partial charge in [0.15, 0.2) is 5.78 Å². The second-order valence-electron chi connectivity index (χ2n) is 8.64. The first-order valence-corrected chi connectivity index (χ1v) is 11.4. The Kier molecular flexibility index (Phi) is 7.44. The van der Waals surface area contributed by atoms with Crippen LogP contribution in [0, 0.1) is 0 Å². The molecule has 2 amide bonds. The Morgan fingerprint density at radius 2 is 1.94 bits per heavy atom. The monoisotopic (exact) mass is 463 g/mol. The summed E-state index contributed by atoms with van der Waals surface area (Å²) in [5.74, 6) is -1.87. The van der Waals surface area contributed by atoms with E-state index in [0.29, 0.717) is 19.6 Å². The average molecular weight is 464 g/mol. The molecule has 2 atom stereocenters. The minimum atomic E-state index is -1.25. The average Bonchev–Trinajstić information content (AvgIpc) is 3.04. The maximum Gasteiger partial charge on any atom is 0.303 e. The molecule has 0 aromatic heterocycles. The van der Waals surface area contributed by atoms with Crippen molar-refractivity contribution in [3.63, 3.8) is 0 Å². The van der Waals surface area contributed by atoms with Crippen LogP contribution >= 0.6 is 11.6 Å². The molecule has 9 heteroatoms. The molecule has 2 saturated heterocycles. The minimum Gasteiger partial charge on any atom is -0.481 e. The summed E-state index contributed by atoms with van der Waals surface area (Å²) in [6, 6.07) is 6.10. The molecule has 1 unspecified atom stereocenters. The van der Waals surface area contributed by atoms with Gasteiger partial charge in [-0.25, -0.2) is 0 Å². The molecule has 2 N–H and O–H groups in total. The first-order valence-electron chi connectivity index (χ1n) is 11.0. The van der Waals surface area contributed by atoms with Crippen molar-refractivity contribution >= 4 is 40.9 Å². The van der Waals surface area contributed by atoms with Crippen molar-refractivity contribution in [1.29, 1.82) is 0 Å². The molecule has 0 spiro atoms. The van der Waals surface area contributed by atoms with Crippen molar-refractivity contribution in [2.45, 2.75) is 64.0 Å². The summed E-state index contributed by atoms with van der Waals surface area (Å²) in [5.41, 5.74) is 0.917. The number of Topliss-reactive ketones (excluding diaryl/α,β-unsaturated/α-hetero) is 1. The third-order valence-corrected chi connectivity index (χ3v) is 6.86. The van der Waals surface area contributed by atoms with Crippen LogP contribution in [0.15, 0.2) is 18.2 Å². The zero-order valence-electron chi connectivity index (χ0n) is 18.5. The zero-order chi connectivity index (χ0) is 23.5. The van der Waals surface area contributed by atoms with Crippen LogP contribution in [0.1, 0.15) is 51.5 Å². The van der Waals surface area contributed by atoms with E-state index in [1.165, 1.54) is 0 Å². The molecular formula is C23H30ClN3O5. The number of amides is 2. The Labute approximate surface area is 192 Å². The van der Waals surface area contributed by atoms with Gasteiger partial charge in [-0.1, -0.05) is 18.5 Å². The van der Waals surface area contributed by atoms with Crippen LogP contribution in [0.5, 0.6) is 0 Å². The number of carboxylic acids is 1. The highest BCUT2D eigenvalue weighted by atomic mass is 35.5. The van der Waals surface area contributed by atoms with Crippen molar-refractivity contribution in [2.24, 2.45) is 0 Å². The molecule has 2 fully saturated rings. The van der Waals surface area contributed by atoms with Crippen molar-refractivity contribution in [2.75, 3.05) is 24.5 Å². The van der Waals surface area contributed by atoms with E-state index in [1.807, 2.05) is 12.1 Å². The van der Waals surface area contributed by atoms with Gasteiger partial charge < -0.3 is 20.2 Å². The number of aryl methyl sites for hydroxylation is 1. The number of carboxylic acid groups (broad SMARTS) is 1. The van der Waals surface area contributed by atoms with E-state index in [-0.39, 0.29) is 49.8 Å². The van der Waals surface area contributed by atoms with Crippen molar-refractivity contribution < 1.29 is 24.3 Å². The van der Waals surface area contributed by atoms with Crippen molar-refractivity contribution in [3.8, 4) is 0 Å². The van der Waals surface area contributed by atoms with Gasteiger partial charge >= 0.3 is 5.97 Å². The van der Waals surface area contributed by atoms with Crippen LogP contribution in [0.3, 0.4) is 0 Å². The molecule has 0 bridgehead atoms. The predicted molar refractivity (Wildman–Crippen MR) is 121 cm³/mol. The van der Waals surface area contributed by atoms with Gasteiger partial charge in [0, 0.05) is 49.2 Å². The normalized spacial score (nSPS) is 23.4. The lowest BCUT2D eigenvalue weighted by atomic mass is 9.85. The number of nitrogens with one attached hydrogen (secondary N) is 1. The highest BCUT2D eigenvalue weighted by Crippen LogP contribution is 2.29. The Hall–Kier alpha value is -2.61. The molecule has 1 aromatic carbocycles. The van der Waals surface area contributed by atoms with Gasteiger partial charge in [0.2, 0.25) is 11.8 Å². The highest BCUT2D eigenvalue weighted by Gasteiger charge is 2.46. The molecule has 0 aliphatic carbocycles. The predicted octanol–water partition coefficient (Wildman–Crippen LogP) is 2.41. The largest absolute Gasteiger partial charge is 0.481 e. The summed E-state index contributed by atoms with van der Waals surface area (Å²) in [7, 11) is 0. The van der Waals surface area contributed by atoms with Gasteiger partial charge in [-0.2, -0.15) is 0 Å². The number of aliphatic carboxylic acids is 1. The molecule has 2 aliphatic rings. The number of nitrogens with zero attached hydrogens (tertiary/aromatic N) is 2. The van der Waals surface area contributed by atoms with E-state index < -0.39 is 17.4 Å². The van der Waals surface area contributed by atoms with Crippen LogP contribution < -0.4 is 10.2 Å². The second-order valence-corrected chi connectivity index (χ2v) is 9.04. The van der Waals surface area contributed by atoms with Crippen LogP contribution in [0.4, 0.5) is 5.69 Å². The topological polar surface area (TPSA) is 107 Å². The Bertz CT molecular complexity index is 921. The zero-order valence-corrected chi connectivity index (χ0v) is 19.3. The number of carbonyl (C=O) groups excluding carboxylic acids is 3. The maximum absolute atomic E-state index is 12.9. The maximum atomic E-state index is 12.9. The second kappa shape index (κ2) is 9.90. The quantitative estimate of drug-likeness (QED) is 0.573. The fourth-order valence-electron chi connectivity index (χ4n) is 4.60. The highest BCUT2D eigenvalue weighted by molar-refractivity contribution is 6.31. The third kappa shape index (κ3) is 5.23. The first-order chi connectivity index (χ1) is 15.1. The fourth-order valence-corrected chi connectivity index (χ4v) is 4.85. The van der Waals surface area contributed by atoms with Gasteiger partial charge in [-0.05, 0) is 49.9 Å². The molecule has 0 radical (unpaired) electrons. The molecule has 32 heavy (non-hydrogen) atoms. The van der Waals surface area contributed by atoms with E-state index in [4.69, 9.17) is 16.7 Å². The summed E-state index contributed by atoms with van der Waals surface area (Å²) < 4.78 is 0. The van der Waals surface area contributed by atoms with E-state index in [2.05, 4.69) is 30.1 Å². The summed E-state index contributed by atoms with van der Waals surface area (Å²) >= 11 is 6.24. The summed E-state index contributed by atoms with van der Waals surface area (Å²) in [5, 5.41) is 12.4. The molecular weight excluding hydrogens is 434 g/mol. The molecule has 2 aliphatic heterocycles. The van der Waals surface area contributed by atoms with Gasteiger partial charge in [-0.3, -0.25) is 19.2 Å². The van der Waals surface area contributed by atoms with Crippen LogP contribution in [-0.4, -0.2) is 64.8 Å². The van der Waals surface area contributed by atoms with Crippen LogP contribution in [0.2, 0.25) is 5.02 Å². The van der Waals surface area contributed by atoms with Gasteiger partial charge in [0.1, 0.15) is 5.54 Å². The van der Waals surface area contributed by atoms with Crippen LogP contribution in [-0.2, 0) is 25.6 Å². The number of anilines is 1. The smallest absolute Gasteiger partial charge is 0.303 e. The van der Waals surface area contributed by atoms with Crippen LogP contribution in [0.25, 0.3) is 0 Å². The lowest BCUT2D eigenvalue weighted by Crippen LogP contribution is -2.54. The Morgan fingerprint density at radius 1 is 1.22 bits per heavy atom. The van der Waals surface area contributed by atoms with Gasteiger partial charge in [-0.15, -0.1) is 0 Å². The molecule has 2 heterocycles. The standard InChI is InChI=1S/C23H30ClN3O5/c1-3-16-12-17(4-5-18(16)24)27-11-10-26(14-15(27)2)21(30)6-8-23(9-7-22(31)32)19(28)13-20(29)25-23/h4-5,12,15H,3,6-11,13-14H2,1-2H3,(H,25,29)(H,31,32)/t15-,23?/m0/s1. The number of piperazine rings is 1. The third-order valence-electron chi connectivity index (χ3n) is 6.49. The summed E-state index contributed by atoms with van der Waals surface area (Å²) in [4.78, 5) is 52.1. The Morgan fingerprint density at radius 3 is 2.53 bits per heavy atom. The SMILES string of the molecule is CCc1cc(N2CCN(C(=O)CCC3(CCC(=O)O)NC(=O)CC3=O)C[C@@H]2C)ccc1Cl. The lowest BCUT2D eigenvalue weighted by Gasteiger charge is -2.41. The minimum absolute atomic E-state index is 0.000690. The number of hydrogen-bond donors (Lipinski definition) is 2. The summed E-state index contributed by atoms with van der Waals surface area (Å²) in [6.07, 6.45) is 0.550. The lowest BCUT2D eigenvalue weighted by molar-refractivity contribution is -0.138. The van der Waals surface area contributed by atoms with E-state index in [9.17, 15) is 19.2 Å². The first kappa shape index (κ1) is 24.0. The van der Waals surface area contributed by atoms with Crippen molar-refractivity contribution in [1.82, 2.24) is 10.2 Å². The molecule has 8 nitrogen and oxygen atoms in total. The van der Waals surface area contributed by atoms with E-state index in [0.717, 1.165) is 22.7 Å². The Balaban J connectivity index is 1.61. The van der Waals surface area contributed by atoms with E-state index in [1.54, 1.807) is 4.90 Å². The number of ketones is 1. The number of rotatable bonds is 8. The molecule has 0 saturated carbocycles.